The van der Waals surface area contributed by atoms with E-state index < -0.39 is 11.6 Å². The number of para-hydroxylation sites is 1. The molecule has 0 aliphatic heterocycles. The van der Waals surface area contributed by atoms with Crippen molar-refractivity contribution in [2.24, 2.45) is 0 Å². The highest BCUT2D eigenvalue weighted by molar-refractivity contribution is 6.00. The third-order valence-corrected chi connectivity index (χ3v) is 4.67. The third kappa shape index (κ3) is 5.81. The van der Waals surface area contributed by atoms with Gasteiger partial charge in [0.1, 0.15) is 18.3 Å². The number of carbonyl (C=O) groups is 2. The number of benzene rings is 1. The zero-order valence-electron chi connectivity index (χ0n) is 19.2. The topological polar surface area (TPSA) is 106 Å². The van der Waals surface area contributed by atoms with Crippen LogP contribution in [-0.2, 0) is 16.1 Å². The summed E-state index contributed by atoms with van der Waals surface area (Å²) in [5, 5.41) is 15.3. The van der Waals surface area contributed by atoms with Gasteiger partial charge in [-0.1, -0.05) is 31.5 Å². The van der Waals surface area contributed by atoms with E-state index in [2.05, 4.69) is 20.7 Å². The van der Waals surface area contributed by atoms with E-state index in [4.69, 9.17) is 4.42 Å². The van der Waals surface area contributed by atoms with Crippen molar-refractivity contribution in [2.45, 2.75) is 65.6 Å². The molecular weight excluding hydrogens is 408 g/mol. The summed E-state index contributed by atoms with van der Waals surface area (Å²) in [7, 11) is 0. The van der Waals surface area contributed by atoms with Gasteiger partial charge in [0.05, 0.1) is 0 Å². The minimum Gasteiger partial charge on any atom is -0.458 e. The van der Waals surface area contributed by atoms with Crippen molar-refractivity contribution in [1.29, 1.82) is 0 Å². The second kappa shape index (κ2) is 9.76. The lowest BCUT2D eigenvalue weighted by Gasteiger charge is -2.33. The van der Waals surface area contributed by atoms with Crippen molar-refractivity contribution < 1.29 is 14.0 Å². The van der Waals surface area contributed by atoms with Gasteiger partial charge in [0.2, 0.25) is 11.7 Å². The SMILES string of the molecule is CCCC(C(=O)NC(C)(C)C)N(C(=O)Cn1nnc(-c2ccc(C)o2)n1)c1ccccc1. The zero-order valence-corrected chi connectivity index (χ0v) is 19.2. The van der Waals surface area contributed by atoms with Crippen LogP contribution in [0.1, 0.15) is 46.3 Å². The summed E-state index contributed by atoms with van der Waals surface area (Å²) in [6.45, 7) is 9.40. The molecule has 1 aromatic carbocycles. The Morgan fingerprint density at radius 3 is 2.47 bits per heavy atom. The Bertz CT molecular complexity index is 1050. The molecule has 9 heteroatoms. The van der Waals surface area contributed by atoms with Crippen LogP contribution in [-0.4, -0.2) is 43.6 Å². The van der Waals surface area contributed by atoms with Crippen LogP contribution in [0.2, 0.25) is 0 Å². The number of nitrogens with zero attached hydrogens (tertiary/aromatic N) is 5. The van der Waals surface area contributed by atoms with Gasteiger partial charge >= 0.3 is 0 Å². The molecule has 9 nitrogen and oxygen atoms in total. The predicted octanol–water partition coefficient (Wildman–Crippen LogP) is 3.36. The Hall–Kier alpha value is -3.49. The van der Waals surface area contributed by atoms with Gasteiger partial charge in [0.25, 0.3) is 5.91 Å². The average Bonchev–Trinajstić information content (AvgIpc) is 3.36. The Morgan fingerprint density at radius 1 is 1.16 bits per heavy atom. The number of amides is 2. The molecule has 1 N–H and O–H groups in total. The molecule has 3 rings (SSSR count). The maximum Gasteiger partial charge on any atom is 0.251 e. The molecule has 0 spiro atoms. The van der Waals surface area contributed by atoms with Gasteiger partial charge in [-0.15, -0.1) is 10.2 Å². The maximum atomic E-state index is 13.4. The number of anilines is 1. The van der Waals surface area contributed by atoms with Gasteiger partial charge in [0, 0.05) is 11.2 Å². The summed E-state index contributed by atoms with van der Waals surface area (Å²) >= 11 is 0. The minimum atomic E-state index is -0.662. The lowest BCUT2D eigenvalue weighted by Crippen LogP contribution is -2.54. The lowest BCUT2D eigenvalue weighted by atomic mass is 10.0. The quantitative estimate of drug-likeness (QED) is 0.578. The molecule has 2 amide bonds. The summed E-state index contributed by atoms with van der Waals surface area (Å²) < 4.78 is 5.53. The molecule has 3 aromatic rings. The number of furan rings is 1. The first-order valence-electron chi connectivity index (χ1n) is 10.7. The van der Waals surface area contributed by atoms with Crippen LogP contribution < -0.4 is 10.2 Å². The smallest absolute Gasteiger partial charge is 0.251 e. The Balaban J connectivity index is 1.88. The summed E-state index contributed by atoms with van der Waals surface area (Å²) in [4.78, 5) is 29.3. The number of hydrogen-bond acceptors (Lipinski definition) is 6. The molecule has 0 saturated carbocycles. The van der Waals surface area contributed by atoms with E-state index in [1.165, 1.54) is 9.70 Å². The molecule has 170 valence electrons. The van der Waals surface area contributed by atoms with E-state index in [-0.39, 0.29) is 18.4 Å². The molecule has 0 aliphatic carbocycles. The molecule has 0 saturated heterocycles. The molecule has 0 aliphatic rings. The summed E-state index contributed by atoms with van der Waals surface area (Å²) in [6.07, 6.45) is 1.26. The first-order chi connectivity index (χ1) is 15.2. The summed E-state index contributed by atoms with van der Waals surface area (Å²) in [5.74, 6) is 1.00. The predicted molar refractivity (Wildman–Crippen MR) is 121 cm³/mol. The fourth-order valence-corrected chi connectivity index (χ4v) is 3.35. The highest BCUT2D eigenvalue weighted by Gasteiger charge is 2.32. The molecule has 1 atom stereocenters. The number of tetrazole rings is 1. The summed E-state index contributed by atoms with van der Waals surface area (Å²) in [6, 6.07) is 12.1. The van der Waals surface area contributed by atoms with Gasteiger partial charge in [-0.2, -0.15) is 4.80 Å². The van der Waals surface area contributed by atoms with Gasteiger partial charge in [-0.25, -0.2) is 0 Å². The Labute approximate surface area is 187 Å². The van der Waals surface area contributed by atoms with Crippen molar-refractivity contribution in [3.05, 3.63) is 48.2 Å². The highest BCUT2D eigenvalue weighted by Crippen LogP contribution is 2.22. The molecule has 32 heavy (non-hydrogen) atoms. The maximum absolute atomic E-state index is 13.4. The van der Waals surface area contributed by atoms with Crippen molar-refractivity contribution in [2.75, 3.05) is 4.90 Å². The van der Waals surface area contributed by atoms with E-state index in [1.807, 2.05) is 71.0 Å². The van der Waals surface area contributed by atoms with Gasteiger partial charge in [-0.3, -0.25) is 14.5 Å². The van der Waals surface area contributed by atoms with Gasteiger partial charge in [-0.05, 0) is 63.6 Å². The van der Waals surface area contributed by atoms with Gasteiger partial charge in [0.15, 0.2) is 5.76 Å². The number of rotatable bonds is 8. The van der Waals surface area contributed by atoms with Crippen molar-refractivity contribution >= 4 is 17.5 Å². The molecule has 0 fully saturated rings. The fraction of sp³-hybridized carbons (Fsp3) is 0.435. The zero-order chi connectivity index (χ0) is 23.3. The number of aryl methyl sites for hydroxylation is 1. The van der Waals surface area contributed by atoms with E-state index in [9.17, 15) is 9.59 Å². The standard InChI is InChI=1S/C23H30N6O3/c1-6-10-18(22(31)24-23(3,4)5)29(17-11-8-7-9-12-17)20(30)15-28-26-21(25-27-28)19-14-13-16(2)32-19/h7-9,11-14,18H,6,10,15H2,1-5H3,(H,24,31). The molecule has 2 heterocycles. The first kappa shape index (κ1) is 23.2. The Kier molecular flexibility index (Phi) is 7.07. The van der Waals surface area contributed by atoms with Crippen LogP contribution in [0.15, 0.2) is 46.9 Å². The molecule has 2 aromatic heterocycles. The largest absolute Gasteiger partial charge is 0.458 e. The van der Waals surface area contributed by atoms with E-state index in [0.29, 0.717) is 23.7 Å². The second-order valence-corrected chi connectivity index (χ2v) is 8.70. The summed E-state index contributed by atoms with van der Waals surface area (Å²) in [5.41, 5.74) is 0.222. The molecule has 0 radical (unpaired) electrons. The normalized spacial score (nSPS) is 12.4. The number of carbonyl (C=O) groups excluding carboxylic acids is 2. The van der Waals surface area contributed by atoms with Crippen LogP contribution in [0, 0.1) is 6.92 Å². The fourth-order valence-electron chi connectivity index (χ4n) is 3.35. The van der Waals surface area contributed by atoms with Crippen molar-refractivity contribution in [3.8, 4) is 11.6 Å². The van der Waals surface area contributed by atoms with Crippen molar-refractivity contribution in [3.63, 3.8) is 0 Å². The van der Waals surface area contributed by atoms with Gasteiger partial charge < -0.3 is 9.73 Å². The number of hydrogen-bond donors (Lipinski definition) is 1. The minimum absolute atomic E-state index is 0.162. The van der Waals surface area contributed by atoms with Crippen LogP contribution in [0.25, 0.3) is 11.6 Å². The number of aromatic nitrogens is 4. The second-order valence-electron chi connectivity index (χ2n) is 8.70. The van der Waals surface area contributed by atoms with Crippen LogP contribution in [0.5, 0.6) is 0 Å². The van der Waals surface area contributed by atoms with Crippen molar-refractivity contribution in [1.82, 2.24) is 25.5 Å². The van der Waals surface area contributed by atoms with E-state index >= 15 is 0 Å². The Morgan fingerprint density at radius 2 is 1.88 bits per heavy atom. The average molecular weight is 439 g/mol. The molecular formula is C23H30N6O3. The van der Waals surface area contributed by atoms with Crippen LogP contribution >= 0.6 is 0 Å². The van der Waals surface area contributed by atoms with E-state index in [1.54, 1.807) is 6.07 Å². The third-order valence-electron chi connectivity index (χ3n) is 4.67. The monoisotopic (exact) mass is 438 g/mol. The van der Waals surface area contributed by atoms with E-state index in [0.717, 1.165) is 12.2 Å². The highest BCUT2D eigenvalue weighted by atomic mass is 16.3. The first-order valence-corrected chi connectivity index (χ1v) is 10.7. The molecule has 0 bridgehead atoms. The van der Waals surface area contributed by atoms with Crippen LogP contribution in [0.4, 0.5) is 5.69 Å². The lowest BCUT2D eigenvalue weighted by molar-refractivity contribution is -0.128. The molecule has 1 unspecified atom stereocenters. The van der Waals surface area contributed by atoms with Crippen LogP contribution in [0.3, 0.4) is 0 Å². The number of nitrogens with one attached hydrogen (secondary N) is 1.